The zero-order chi connectivity index (χ0) is 17.0. The highest BCUT2D eigenvalue weighted by Crippen LogP contribution is 2.34. The Hall–Kier alpha value is -1.99. The molecule has 23 heavy (non-hydrogen) atoms. The number of hydrogen-bond acceptors (Lipinski definition) is 3. The van der Waals surface area contributed by atoms with Crippen molar-refractivity contribution in [1.82, 2.24) is 5.32 Å². The van der Waals surface area contributed by atoms with Crippen molar-refractivity contribution in [3.8, 4) is 0 Å². The maximum Gasteiger partial charge on any atom is 0.417 e. The molecule has 0 fully saturated rings. The van der Waals surface area contributed by atoms with E-state index < -0.39 is 29.3 Å². The van der Waals surface area contributed by atoms with E-state index in [0.29, 0.717) is 11.8 Å². The lowest BCUT2D eigenvalue weighted by molar-refractivity contribution is -0.137. The molecule has 1 unspecified atom stereocenters. The summed E-state index contributed by atoms with van der Waals surface area (Å²) in [5.41, 5.74) is -1.62. The number of rotatable bonds is 5. The SMILES string of the molecule is COCC(NC(=O)c1ccc(Cl)cc1C(F)(F)F)c1ccco1. The number of carbonyl (C=O) groups excluding carboxylic acids is 1. The van der Waals surface area contributed by atoms with Crippen molar-refractivity contribution in [1.29, 1.82) is 0 Å². The van der Waals surface area contributed by atoms with Gasteiger partial charge in [-0.05, 0) is 30.3 Å². The van der Waals surface area contributed by atoms with Crippen LogP contribution in [0, 0.1) is 0 Å². The second-order valence-electron chi connectivity index (χ2n) is 4.68. The van der Waals surface area contributed by atoms with Gasteiger partial charge < -0.3 is 14.5 Å². The van der Waals surface area contributed by atoms with Gasteiger partial charge in [0.2, 0.25) is 0 Å². The van der Waals surface area contributed by atoms with Crippen LogP contribution in [0.4, 0.5) is 13.2 Å². The van der Waals surface area contributed by atoms with E-state index in [1.165, 1.54) is 19.4 Å². The van der Waals surface area contributed by atoms with Crippen LogP contribution in [0.15, 0.2) is 41.0 Å². The fourth-order valence-electron chi connectivity index (χ4n) is 2.04. The van der Waals surface area contributed by atoms with Crippen LogP contribution in [-0.2, 0) is 10.9 Å². The number of halogens is 4. The zero-order valence-electron chi connectivity index (χ0n) is 12.0. The molecule has 8 heteroatoms. The van der Waals surface area contributed by atoms with Crippen LogP contribution in [0.5, 0.6) is 0 Å². The molecule has 0 aliphatic rings. The van der Waals surface area contributed by atoms with Crippen LogP contribution in [0.2, 0.25) is 5.02 Å². The van der Waals surface area contributed by atoms with E-state index in [9.17, 15) is 18.0 Å². The molecule has 1 aromatic carbocycles. The third-order valence-electron chi connectivity index (χ3n) is 3.06. The molecule has 2 aromatic rings. The Morgan fingerprint density at radius 3 is 2.70 bits per heavy atom. The van der Waals surface area contributed by atoms with E-state index in [2.05, 4.69) is 5.32 Å². The number of hydrogen-bond donors (Lipinski definition) is 1. The van der Waals surface area contributed by atoms with Gasteiger partial charge in [0, 0.05) is 12.1 Å². The summed E-state index contributed by atoms with van der Waals surface area (Å²) in [6.45, 7) is 0.0498. The Kier molecular flexibility index (Phi) is 5.33. The largest absolute Gasteiger partial charge is 0.467 e. The summed E-state index contributed by atoms with van der Waals surface area (Å²) in [7, 11) is 1.41. The normalized spacial score (nSPS) is 12.9. The molecule has 2 rings (SSSR count). The molecular weight excluding hydrogens is 335 g/mol. The molecule has 1 heterocycles. The predicted octanol–water partition coefficient (Wildman–Crippen LogP) is 4.07. The fraction of sp³-hybridized carbons (Fsp3) is 0.267. The predicted molar refractivity (Wildman–Crippen MR) is 77.2 cm³/mol. The summed E-state index contributed by atoms with van der Waals surface area (Å²) < 4.78 is 49.3. The third kappa shape index (κ3) is 4.27. The topological polar surface area (TPSA) is 51.5 Å². The summed E-state index contributed by atoms with van der Waals surface area (Å²) in [6.07, 6.45) is -3.30. The Labute approximate surface area is 135 Å². The Balaban J connectivity index is 2.29. The highest BCUT2D eigenvalue weighted by molar-refractivity contribution is 6.30. The van der Waals surface area contributed by atoms with Crippen LogP contribution < -0.4 is 5.32 Å². The van der Waals surface area contributed by atoms with Gasteiger partial charge in [0.15, 0.2) is 0 Å². The first-order valence-corrected chi connectivity index (χ1v) is 6.90. The van der Waals surface area contributed by atoms with Crippen molar-refractivity contribution >= 4 is 17.5 Å². The van der Waals surface area contributed by atoms with Crippen LogP contribution in [0.1, 0.15) is 27.7 Å². The monoisotopic (exact) mass is 347 g/mol. The Morgan fingerprint density at radius 1 is 1.39 bits per heavy atom. The van der Waals surface area contributed by atoms with Gasteiger partial charge in [0.25, 0.3) is 5.91 Å². The minimum Gasteiger partial charge on any atom is -0.467 e. The maximum absolute atomic E-state index is 13.1. The van der Waals surface area contributed by atoms with E-state index in [1.807, 2.05) is 0 Å². The van der Waals surface area contributed by atoms with Gasteiger partial charge in [-0.3, -0.25) is 4.79 Å². The molecule has 0 aliphatic heterocycles. The highest BCUT2D eigenvalue weighted by Gasteiger charge is 2.36. The number of ether oxygens (including phenoxy) is 1. The van der Waals surface area contributed by atoms with E-state index in [-0.39, 0.29) is 11.6 Å². The average Bonchev–Trinajstić information content (AvgIpc) is 2.99. The second kappa shape index (κ2) is 7.06. The van der Waals surface area contributed by atoms with Gasteiger partial charge in [0.1, 0.15) is 11.8 Å². The van der Waals surface area contributed by atoms with E-state index in [0.717, 1.165) is 6.07 Å². The van der Waals surface area contributed by atoms with Crippen LogP contribution in [0.25, 0.3) is 0 Å². The second-order valence-corrected chi connectivity index (χ2v) is 5.12. The molecule has 0 spiro atoms. The molecule has 0 radical (unpaired) electrons. The summed E-state index contributed by atoms with van der Waals surface area (Å²) in [5, 5.41) is 2.36. The number of benzene rings is 1. The minimum atomic E-state index is -4.70. The first-order valence-electron chi connectivity index (χ1n) is 6.53. The first-order chi connectivity index (χ1) is 10.8. The quantitative estimate of drug-likeness (QED) is 0.887. The van der Waals surface area contributed by atoms with Gasteiger partial charge >= 0.3 is 6.18 Å². The third-order valence-corrected chi connectivity index (χ3v) is 3.29. The standard InChI is InChI=1S/C15H13ClF3NO3/c1-22-8-12(13-3-2-6-23-13)20-14(21)10-5-4-9(16)7-11(10)15(17,18)19/h2-7,12H,8H2,1H3,(H,20,21). The van der Waals surface area contributed by atoms with E-state index in [1.54, 1.807) is 12.1 Å². The van der Waals surface area contributed by atoms with Gasteiger partial charge in [0.05, 0.1) is 24.0 Å². The van der Waals surface area contributed by atoms with Crippen LogP contribution >= 0.6 is 11.6 Å². The minimum absolute atomic E-state index is 0.0498. The summed E-state index contributed by atoms with van der Waals surface area (Å²) >= 11 is 5.60. The first kappa shape index (κ1) is 17.4. The van der Waals surface area contributed by atoms with Crippen molar-refractivity contribution in [2.24, 2.45) is 0 Å². The number of furan rings is 1. The molecular formula is C15H13ClF3NO3. The summed E-state index contributed by atoms with van der Waals surface area (Å²) in [6, 6.07) is 5.47. The van der Waals surface area contributed by atoms with Crippen molar-refractivity contribution in [3.63, 3.8) is 0 Å². The number of amides is 1. The number of methoxy groups -OCH3 is 1. The molecule has 1 amide bonds. The Bertz CT molecular complexity index is 671. The molecule has 0 bridgehead atoms. The van der Waals surface area contributed by atoms with E-state index >= 15 is 0 Å². The molecule has 1 atom stereocenters. The smallest absolute Gasteiger partial charge is 0.417 e. The molecule has 0 saturated heterocycles. The van der Waals surface area contributed by atoms with Crippen molar-refractivity contribution in [3.05, 3.63) is 58.5 Å². The molecule has 0 saturated carbocycles. The van der Waals surface area contributed by atoms with Gasteiger partial charge in [-0.1, -0.05) is 11.6 Å². The lowest BCUT2D eigenvalue weighted by atomic mass is 10.1. The molecule has 124 valence electrons. The lowest BCUT2D eigenvalue weighted by Gasteiger charge is -2.18. The molecule has 1 N–H and O–H groups in total. The zero-order valence-corrected chi connectivity index (χ0v) is 12.7. The summed E-state index contributed by atoms with van der Waals surface area (Å²) in [4.78, 5) is 12.3. The van der Waals surface area contributed by atoms with Gasteiger partial charge in [-0.2, -0.15) is 13.2 Å². The fourth-order valence-corrected chi connectivity index (χ4v) is 2.21. The lowest BCUT2D eigenvalue weighted by Crippen LogP contribution is -2.32. The van der Waals surface area contributed by atoms with Crippen molar-refractivity contribution in [2.75, 3.05) is 13.7 Å². The number of nitrogens with one attached hydrogen (secondary N) is 1. The molecule has 1 aromatic heterocycles. The Morgan fingerprint density at radius 2 is 2.13 bits per heavy atom. The van der Waals surface area contributed by atoms with Crippen molar-refractivity contribution < 1.29 is 27.1 Å². The highest BCUT2D eigenvalue weighted by atomic mass is 35.5. The van der Waals surface area contributed by atoms with Crippen molar-refractivity contribution in [2.45, 2.75) is 12.2 Å². The average molecular weight is 348 g/mol. The molecule has 4 nitrogen and oxygen atoms in total. The van der Waals surface area contributed by atoms with Crippen LogP contribution in [-0.4, -0.2) is 19.6 Å². The molecule has 0 aliphatic carbocycles. The number of carbonyl (C=O) groups is 1. The van der Waals surface area contributed by atoms with Gasteiger partial charge in [-0.25, -0.2) is 0 Å². The summed E-state index contributed by atoms with van der Waals surface area (Å²) in [5.74, 6) is -0.518. The van der Waals surface area contributed by atoms with Crippen LogP contribution in [0.3, 0.4) is 0 Å². The number of alkyl halides is 3. The maximum atomic E-state index is 13.1. The van der Waals surface area contributed by atoms with Gasteiger partial charge in [-0.15, -0.1) is 0 Å². The van der Waals surface area contributed by atoms with E-state index in [4.69, 9.17) is 20.8 Å².